The van der Waals surface area contributed by atoms with Gasteiger partial charge in [-0.15, -0.1) is 21.5 Å². The first kappa shape index (κ1) is 40.7. The number of thiazole rings is 1. The van der Waals surface area contributed by atoms with Gasteiger partial charge < -0.3 is 31.5 Å². The number of carbonyl (C=O) groups excluding carboxylic acids is 3. The number of β-amino-alcohol motifs (C(OH)–C–C–N with tert-alkyl or cyclic N) is 1. The van der Waals surface area contributed by atoms with Gasteiger partial charge in [0.15, 0.2) is 5.82 Å². The SMILES string of the molecule is Cc1ncsc1-c1ccc([C@H](C)NC(=O)[C@@H]2C[C@@H](O)CN2C(=O)[C@@H](NC(=O)Cn2cc(-c3ccc(-c4cc(-c5ccccc5O)nnc4N)cc3)cn2)C(C)(C)C)cc1. The maximum absolute atomic E-state index is 14.2. The second-order valence-electron chi connectivity index (χ2n) is 15.9. The predicted molar refractivity (Wildman–Crippen MR) is 227 cm³/mol. The third kappa shape index (κ3) is 9.01. The number of hydrogen-bond acceptors (Lipinski definition) is 11. The summed E-state index contributed by atoms with van der Waals surface area (Å²) in [4.78, 5) is 48.2. The lowest BCUT2D eigenvalue weighted by Gasteiger charge is -2.35. The molecule has 0 spiro atoms. The number of likely N-dealkylation sites (tertiary alicyclic amines) is 1. The second-order valence-corrected chi connectivity index (χ2v) is 16.8. The Balaban J connectivity index is 0.990. The summed E-state index contributed by atoms with van der Waals surface area (Å²) >= 11 is 1.57. The van der Waals surface area contributed by atoms with Gasteiger partial charge in [0.1, 0.15) is 24.4 Å². The summed E-state index contributed by atoms with van der Waals surface area (Å²) in [6.07, 6.45) is 2.59. The summed E-state index contributed by atoms with van der Waals surface area (Å²) in [5.74, 6) is -0.920. The number of carbonyl (C=O) groups is 3. The van der Waals surface area contributed by atoms with E-state index < -0.39 is 35.4 Å². The number of aryl methyl sites for hydroxylation is 1. The topological polar surface area (TPSA) is 201 Å². The number of anilines is 1. The molecule has 4 heterocycles. The van der Waals surface area contributed by atoms with Crippen molar-refractivity contribution in [2.75, 3.05) is 12.3 Å². The molecule has 4 atom stereocenters. The molecule has 1 aliphatic heterocycles. The first-order chi connectivity index (χ1) is 28.2. The number of para-hydroxylation sites is 1. The van der Waals surface area contributed by atoms with Crippen LogP contribution in [0.4, 0.5) is 5.82 Å². The summed E-state index contributed by atoms with van der Waals surface area (Å²) in [6.45, 7) is 9.19. The Bertz CT molecular complexity index is 2480. The highest BCUT2D eigenvalue weighted by Crippen LogP contribution is 2.34. The molecule has 3 aromatic heterocycles. The summed E-state index contributed by atoms with van der Waals surface area (Å²) < 4.78 is 1.49. The molecule has 3 amide bonds. The summed E-state index contributed by atoms with van der Waals surface area (Å²) in [5.41, 5.74) is 14.3. The first-order valence-corrected chi connectivity index (χ1v) is 20.2. The van der Waals surface area contributed by atoms with Crippen LogP contribution in [0.15, 0.2) is 96.8 Å². The summed E-state index contributed by atoms with van der Waals surface area (Å²) in [5, 5.41) is 39.6. The number of aromatic nitrogens is 5. The second kappa shape index (κ2) is 16.8. The Kier molecular flexibility index (Phi) is 11.6. The highest BCUT2D eigenvalue weighted by atomic mass is 32.1. The Labute approximate surface area is 346 Å². The number of nitrogens with two attached hydrogens (primary N) is 1. The molecule has 7 rings (SSSR count). The van der Waals surface area contributed by atoms with Gasteiger partial charge in [-0.2, -0.15) is 5.10 Å². The monoisotopic (exact) mass is 813 g/mol. The molecule has 1 fully saturated rings. The third-order valence-corrected chi connectivity index (χ3v) is 11.5. The number of phenolic OH excluding ortho intramolecular Hbond substituents is 1. The smallest absolute Gasteiger partial charge is 0.246 e. The molecule has 0 unspecified atom stereocenters. The van der Waals surface area contributed by atoms with Gasteiger partial charge in [-0.05, 0) is 59.7 Å². The zero-order valence-electron chi connectivity index (χ0n) is 33.5. The lowest BCUT2D eigenvalue weighted by atomic mass is 9.85. The van der Waals surface area contributed by atoms with Crippen molar-refractivity contribution in [3.05, 3.63) is 108 Å². The van der Waals surface area contributed by atoms with Crippen LogP contribution in [0.3, 0.4) is 0 Å². The number of rotatable bonds is 11. The van der Waals surface area contributed by atoms with Crippen LogP contribution < -0.4 is 16.4 Å². The van der Waals surface area contributed by atoms with Crippen LogP contribution >= 0.6 is 11.3 Å². The molecule has 6 N–H and O–H groups in total. The molecule has 304 valence electrons. The molecule has 3 aromatic carbocycles. The normalized spacial score (nSPS) is 16.4. The van der Waals surface area contributed by atoms with E-state index in [2.05, 4.69) is 30.9 Å². The van der Waals surface area contributed by atoms with E-state index in [1.807, 2.05) is 88.7 Å². The molecule has 0 saturated carbocycles. The Morgan fingerprint density at radius 3 is 2.31 bits per heavy atom. The quantitative estimate of drug-likeness (QED) is 0.107. The molecule has 0 radical (unpaired) electrons. The molecule has 1 aliphatic rings. The van der Waals surface area contributed by atoms with E-state index in [1.54, 1.807) is 54.1 Å². The Morgan fingerprint density at radius 1 is 0.932 bits per heavy atom. The largest absolute Gasteiger partial charge is 0.507 e. The van der Waals surface area contributed by atoms with Crippen LogP contribution in [0.25, 0.3) is 44.0 Å². The van der Waals surface area contributed by atoms with Crippen molar-refractivity contribution in [1.29, 1.82) is 0 Å². The highest BCUT2D eigenvalue weighted by Gasteiger charge is 2.44. The van der Waals surface area contributed by atoms with E-state index in [-0.39, 0.29) is 43.0 Å². The van der Waals surface area contributed by atoms with Gasteiger partial charge >= 0.3 is 0 Å². The van der Waals surface area contributed by atoms with Crippen LogP contribution in [0.1, 0.15) is 51.4 Å². The fourth-order valence-electron chi connectivity index (χ4n) is 7.26. The van der Waals surface area contributed by atoms with Crippen molar-refractivity contribution in [3.63, 3.8) is 0 Å². The summed E-state index contributed by atoms with van der Waals surface area (Å²) in [7, 11) is 0. The van der Waals surface area contributed by atoms with Crippen molar-refractivity contribution in [1.82, 2.24) is 40.5 Å². The highest BCUT2D eigenvalue weighted by molar-refractivity contribution is 7.13. The number of nitrogens with one attached hydrogen (secondary N) is 2. The standard InChI is InChI=1S/C44H47N9O5S/c1-25(27-10-16-30(17-11-27)39-26(2)46-24-59-39)48-42(57)36-18-32(54)22-53(36)43(58)40(44(3,4)5)49-38(56)23-52-21-31(20-47-52)28-12-14-29(15-13-28)34-19-35(50-51-41(34)45)33-8-6-7-9-37(33)55/h6-17,19-21,24-25,32,36,40,54-55H,18,22-23H2,1-5H3,(H2,45,51)(H,48,57)(H,49,56)/t25-,32+,36-,40+/m0/s1. The Morgan fingerprint density at radius 2 is 1.63 bits per heavy atom. The average Bonchev–Trinajstić information content (AvgIpc) is 3.97. The molecule has 0 bridgehead atoms. The number of nitrogen functional groups attached to an aromatic ring is 1. The number of amides is 3. The lowest BCUT2D eigenvalue weighted by Crippen LogP contribution is -2.58. The minimum atomic E-state index is -0.986. The van der Waals surface area contributed by atoms with Crippen LogP contribution in [0, 0.1) is 12.3 Å². The Hall–Kier alpha value is -6.45. The number of phenols is 1. The lowest BCUT2D eigenvalue weighted by molar-refractivity contribution is -0.144. The van der Waals surface area contributed by atoms with Gasteiger partial charge in [0.05, 0.1) is 40.1 Å². The maximum Gasteiger partial charge on any atom is 0.246 e. The molecule has 14 nitrogen and oxygen atoms in total. The van der Waals surface area contributed by atoms with Crippen molar-refractivity contribution >= 4 is 34.9 Å². The maximum atomic E-state index is 14.2. The van der Waals surface area contributed by atoms with E-state index in [4.69, 9.17) is 5.73 Å². The minimum absolute atomic E-state index is 0.0278. The van der Waals surface area contributed by atoms with Gasteiger partial charge in [0, 0.05) is 35.9 Å². The average molecular weight is 814 g/mol. The van der Waals surface area contributed by atoms with Crippen LogP contribution in [-0.2, 0) is 20.9 Å². The number of aliphatic hydroxyl groups is 1. The van der Waals surface area contributed by atoms with E-state index in [0.717, 1.165) is 38.4 Å². The van der Waals surface area contributed by atoms with Gasteiger partial charge in [-0.3, -0.25) is 19.1 Å². The van der Waals surface area contributed by atoms with E-state index in [0.29, 0.717) is 16.8 Å². The van der Waals surface area contributed by atoms with Gasteiger partial charge in [-0.1, -0.05) is 81.4 Å². The van der Waals surface area contributed by atoms with E-state index >= 15 is 0 Å². The number of aromatic hydroxyl groups is 1. The van der Waals surface area contributed by atoms with Crippen molar-refractivity contribution in [2.24, 2.45) is 5.41 Å². The fourth-order valence-corrected chi connectivity index (χ4v) is 8.08. The van der Waals surface area contributed by atoms with Crippen LogP contribution in [-0.4, -0.2) is 82.5 Å². The number of nitrogens with zero attached hydrogens (tertiary/aromatic N) is 6. The van der Waals surface area contributed by atoms with Crippen molar-refractivity contribution < 1.29 is 24.6 Å². The van der Waals surface area contributed by atoms with Gasteiger partial charge in [0.2, 0.25) is 17.7 Å². The fraction of sp³-hybridized carbons (Fsp3) is 0.295. The van der Waals surface area contributed by atoms with Crippen LogP contribution in [0.5, 0.6) is 5.75 Å². The van der Waals surface area contributed by atoms with Crippen molar-refractivity contribution in [3.8, 4) is 49.7 Å². The predicted octanol–water partition coefficient (Wildman–Crippen LogP) is 5.76. The third-order valence-electron chi connectivity index (χ3n) is 10.5. The summed E-state index contributed by atoms with van der Waals surface area (Å²) in [6, 6.07) is 21.9. The first-order valence-electron chi connectivity index (χ1n) is 19.3. The molecule has 6 aromatic rings. The molecule has 59 heavy (non-hydrogen) atoms. The minimum Gasteiger partial charge on any atom is -0.507 e. The number of aliphatic hydroxyl groups excluding tert-OH is 1. The molecular formula is C44H47N9O5S. The molecular weight excluding hydrogens is 767 g/mol. The molecule has 15 heteroatoms. The zero-order chi connectivity index (χ0) is 42.0. The van der Waals surface area contributed by atoms with E-state index in [1.165, 1.54) is 9.58 Å². The van der Waals surface area contributed by atoms with Gasteiger partial charge in [0.25, 0.3) is 0 Å². The molecule has 1 saturated heterocycles. The van der Waals surface area contributed by atoms with Crippen LogP contribution in [0.2, 0.25) is 0 Å². The molecule has 0 aliphatic carbocycles. The van der Waals surface area contributed by atoms with Gasteiger partial charge in [-0.25, -0.2) is 4.98 Å². The number of hydrogen-bond donors (Lipinski definition) is 5. The van der Waals surface area contributed by atoms with Crippen molar-refractivity contribution in [2.45, 2.75) is 71.8 Å². The zero-order valence-corrected chi connectivity index (χ0v) is 34.3. The van der Waals surface area contributed by atoms with E-state index in [9.17, 15) is 24.6 Å². The number of benzene rings is 3.